The van der Waals surface area contributed by atoms with Gasteiger partial charge in [-0.15, -0.1) is 0 Å². The van der Waals surface area contributed by atoms with Gasteiger partial charge in [0.15, 0.2) is 0 Å². The lowest BCUT2D eigenvalue weighted by Crippen LogP contribution is -2.29. The van der Waals surface area contributed by atoms with Crippen molar-refractivity contribution in [2.45, 2.75) is 13.3 Å². The first-order valence-corrected chi connectivity index (χ1v) is 3.51. The summed E-state index contributed by atoms with van der Waals surface area (Å²) in [4.78, 5) is 12.8. The van der Waals surface area contributed by atoms with Crippen molar-refractivity contribution in [3.05, 3.63) is 0 Å². The molecule has 0 spiro atoms. The Morgan fingerprint density at radius 2 is 2.40 bits per heavy atom. The number of carbonyl (C=O) groups excluding carboxylic acids is 1. The van der Waals surface area contributed by atoms with E-state index in [1.54, 1.807) is 4.90 Å². The molecule has 1 aliphatic rings. The Labute approximate surface area is 61.2 Å². The summed E-state index contributed by atoms with van der Waals surface area (Å²) in [5.74, 6) is 0.216. The molecule has 10 heavy (non-hydrogen) atoms. The van der Waals surface area contributed by atoms with Gasteiger partial charge in [0, 0.05) is 25.4 Å². The maximum atomic E-state index is 11.0. The fourth-order valence-electron chi connectivity index (χ4n) is 1.35. The Hall–Kier alpha value is -0.570. The number of hydrogen-bond donors (Lipinski definition) is 1. The third kappa shape index (κ3) is 1.14. The molecule has 0 aromatic carbocycles. The molecule has 0 saturated carbocycles. The van der Waals surface area contributed by atoms with E-state index in [1.165, 1.54) is 0 Å². The maximum absolute atomic E-state index is 11.0. The van der Waals surface area contributed by atoms with Crippen LogP contribution in [-0.4, -0.2) is 30.9 Å². The van der Waals surface area contributed by atoms with Crippen LogP contribution in [0.25, 0.3) is 0 Å². The monoisotopic (exact) mass is 142 g/mol. The van der Waals surface area contributed by atoms with E-state index in [9.17, 15) is 4.79 Å². The summed E-state index contributed by atoms with van der Waals surface area (Å²) in [7, 11) is 1.82. The van der Waals surface area contributed by atoms with Crippen molar-refractivity contribution in [1.29, 1.82) is 0 Å². The van der Waals surface area contributed by atoms with Crippen LogP contribution in [0.5, 0.6) is 0 Å². The van der Waals surface area contributed by atoms with Gasteiger partial charge < -0.3 is 10.6 Å². The van der Waals surface area contributed by atoms with Gasteiger partial charge in [-0.1, -0.05) is 6.92 Å². The van der Waals surface area contributed by atoms with E-state index >= 15 is 0 Å². The maximum Gasteiger partial charge on any atom is 0.222 e. The summed E-state index contributed by atoms with van der Waals surface area (Å²) in [5, 5.41) is 0. The molecule has 1 unspecified atom stereocenters. The predicted molar refractivity (Wildman–Crippen MR) is 39.4 cm³/mol. The first-order valence-electron chi connectivity index (χ1n) is 3.51. The lowest BCUT2D eigenvalue weighted by molar-refractivity contribution is -0.126. The molecule has 1 amide bonds. The summed E-state index contributed by atoms with van der Waals surface area (Å²) >= 11 is 0. The molecule has 2 N–H and O–H groups in total. The highest BCUT2D eigenvalue weighted by Crippen LogP contribution is 2.27. The summed E-state index contributed by atoms with van der Waals surface area (Å²) in [6, 6.07) is 0. The van der Waals surface area contributed by atoms with E-state index in [2.05, 4.69) is 6.92 Å². The molecule has 0 aliphatic carbocycles. The molecule has 3 nitrogen and oxygen atoms in total. The van der Waals surface area contributed by atoms with Crippen LogP contribution < -0.4 is 5.73 Å². The number of amides is 1. The summed E-state index contributed by atoms with van der Waals surface area (Å²) in [6.45, 7) is 3.46. The third-order valence-corrected chi connectivity index (χ3v) is 2.12. The molecule has 0 radical (unpaired) electrons. The van der Waals surface area contributed by atoms with Gasteiger partial charge in [0.1, 0.15) is 0 Å². The summed E-state index contributed by atoms with van der Waals surface area (Å²) in [5.41, 5.74) is 5.55. The second kappa shape index (κ2) is 2.23. The van der Waals surface area contributed by atoms with Crippen LogP contribution in [0.15, 0.2) is 0 Å². The minimum absolute atomic E-state index is 0.0336. The largest absolute Gasteiger partial charge is 0.345 e. The highest BCUT2D eigenvalue weighted by atomic mass is 16.2. The van der Waals surface area contributed by atoms with Crippen LogP contribution in [0.3, 0.4) is 0 Å². The summed E-state index contributed by atoms with van der Waals surface area (Å²) in [6.07, 6.45) is 0.611. The summed E-state index contributed by atoms with van der Waals surface area (Å²) < 4.78 is 0. The predicted octanol–water partition coefficient (Wildman–Crippen LogP) is -0.187. The van der Waals surface area contributed by atoms with Crippen molar-refractivity contribution in [3.8, 4) is 0 Å². The number of nitrogens with zero attached hydrogens (tertiary/aromatic N) is 1. The van der Waals surface area contributed by atoms with E-state index < -0.39 is 0 Å². The van der Waals surface area contributed by atoms with Crippen LogP contribution >= 0.6 is 0 Å². The molecule has 1 aliphatic heterocycles. The molecular formula is C7H14N2O. The van der Waals surface area contributed by atoms with Crippen molar-refractivity contribution < 1.29 is 4.79 Å². The van der Waals surface area contributed by atoms with Crippen LogP contribution in [0.4, 0.5) is 0 Å². The van der Waals surface area contributed by atoms with E-state index in [4.69, 9.17) is 5.73 Å². The highest BCUT2D eigenvalue weighted by Gasteiger charge is 2.36. The number of likely N-dealkylation sites (tertiary alicyclic amines) is 1. The lowest BCUT2D eigenvalue weighted by atomic mass is 9.90. The van der Waals surface area contributed by atoms with Crippen molar-refractivity contribution >= 4 is 5.91 Å². The average molecular weight is 142 g/mol. The number of nitrogens with two attached hydrogens (primary N) is 1. The Morgan fingerprint density at radius 1 is 1.80 bits per heavy atom. The minimum Gasteiger partial charge on any atom is -0.345 e. The number of carbonyl (C=O) groups is 1. The fourth-order valence-corrected chi connectivity index (χ4v) is 1.35. The molecule has 3 heteroatoms. The smallest absolute Gasteiger partial charge is 0.222 e. The quantitative estimate of drug-likeness (QED) is 0.551. The second-order valence-corrected chi connectivity index (χ2v) is 3.44. The van der Waals surface area contributed by atoms with E-state index in [0.29, 0.717) is 13.0 Å². The highest BCUT2D eigenvalue weighted by molar-refractivity contribution is 5.79. The second-order valence-electron chi connectivity index (χ2n) is 3.44. The minimum atomic E-state index is 0.0336. The average Bonchev–Trinajstić information content (AvgIpc) is 2.10. The van der Waals surface area contributed by atoms with Crippen LogP contribution in [0.1, 0.15) is 13.3 Å². The van der Waals surface area contributed by atoms with Crippen molar-refractivity contribution in [2.24, 2.45) is 11.1 Å². The Morgan fingerprint density at radius 3 is 2.60 bits per heavy atom. The molecule has 0 bridgehead atoms. The first-order chi connectivity index (χ1) is 4.57. The number of rotatable bonds is 1. The molecule has 0 aromatic heterocycles. The zero-order chi connectivity index (χ0) is 7.78. The van der Waals surface area contributed by atoms with Gasteiger partial charge in [-0.25, -0.2) is 0 Å². The molecule has 58 valence electrons. The van der Waals surface area contributed by atoms with E-state index in [0.717, 1.165) is 6.54 Å². The van der Waals surface area contributed by atoms with Gasteiger partial charge in [0.25, 0.3) is 0 Å². The van der Waals surface area contributed by atoms with Gasteiger partial charge in [0.05, 0.1) is 0 Å². The normalized spacial score (nSPS) is 33.5. The van der Waals surface area contributed by atoms with Gasteiger partial charge in [-0.3, -0.25) is 4.79 Å². The van der Waals surface area contributed by atoms with Gasteiger partial charge >= 0.3 is 0 Å². The SMILES string of the molecule is CN1CC(C)(CN)CC1=O. The van der Waals surface area contributed by atoms with Crippen LogP contribution in [0.2, 0.25) is 0 Å². The van der Waals surface area contributed by atoms with Gasteiger partial charge in [0.2, 0.25) is 5.91 Å². The molecule has 1 fully saturated rings. The zero-order valence-electron chi connectivity index (χ0n) is 6.55. The molecule has 1 rings (SSSR count). The zero-order valence-corrected chi connectivity index (χ0v) is 6.55. The fraction of sp³-hybridized carbons (Fsp3) is 0.857. The molecule has 1 heterocycles. The first kappa shape index (κ1) is 7.54. The standard InChI is InChI=1S/C7H14N2O/c1-7(4-8)3-6(10)9(2)5-7/h3-5,8H2,1-2H3. The molecular weight excluding hydrogens is 128 g/mol. The third-order valence-electron chi connectivity index (χ3n) is 2.12. The van der Waals surface area contributed by atoms with E-state index in [1.807, 2.05) is 7.05 Å². The Balaban J connectivity index is 2.64. The van der Waals surface area contributed by atoms with E-state index in [-0.39, 0.29) is 11.3 Å². The molecule has 1 saturated heterocycles. The molecule has 1 atom stereocenters. The lowest BCUT2D eigenvalue weighted by Gasteiger charge is -2.19. The van der Waals surface area contributed by atoms with Gasteiger partial charge in [-0.2, -0.15) is 0 Å². The molecule has 0 aromatic rings. The van der Waals surface area contributed by atoms with Crippen LogP contribution in [0, 0.1) is 5.41 Å². The van der Waals surface area contributed by atoms with Crippen LogP contribution in [-0.2, 0) is 4.79 Å². The van der Waals surface area contributed by atoms with Gasteiger partial charge in [-0.05, 0) is 6.54 Å². The van der Waals surface area contributed by atoms with Crippen molar-refractivity contribution in [3.63, 3.8) is 0 Å². The van der Waals surface area contributed by atoms with Crippen molar-refractivity contribution in [2.75, 3.05) is 20.1 Å². The van der Waals surface area contributed by atoms with Crippen molar-refractivity contribution in [1.82, 2.24) is 4.90 Å². The Kier molecular flexibility index (Phi) is 1.68. The Bertz CT molecular complexity index is 158. The topological polar surface area (TPSA) is 46.3 Å². The number of hydrogen-bond acceptors (Lipinski definition) is 2.